The van der Waals surface area contributed by atoms with Crippen molar-refractivity contribution in [1.29, 1.82) is 0 Å². The maximum atomic E-state index is 10.9. The number of nitrogens with two attached hydrogens (primary N) is 1. The van der Waals surface area contributed by atoms with E-state index in [1.165, 1.54) is 115 Å². The summed E-state index contributed by atoms with van der Waals surface area (Å²) in [6, 6.07) is 0. The fourth-order valence-electron chi connectivity index (χ4n) is 4.24. The molecule has 1 saturated heterocycles. The minimum absolute atomic E-state index is 0. The van der Waals surface area contributed by atoms with Crippen molar-refractivity contribution in [2.24, 2.45) is 11.7 Å². The number of unbranched alkanes of at least 4 members (excludes halogenated alkanes) is 13. The van der Waals surface area contributed by atoms with E-state index >= 15 is 0 Å². The Bertz CT molecular complexity index is 1160. The number of nitrogens with one attached hydrogen (secondary N) is 2. The zero-order valence-electron chi connectivity index (χ0n) is 34.7. The van der Waals surface area contributed by atoms with Gasteiger partial charge in [-0.3, -0.25) is 24.0 Å². The van der Waals surface area contributed by atoms with E-state index in [-0.39, 0.29) is 47.3 Å². The molecule has 0 aromatic heterocycles. The average Bonchev–Trinajstić information content (AvgIpc) is 3.53. The summed E-state index contributed by atoms with van der Waals surface area (Å²) in [5.74, 6) is -1.37. The largest absolute Gasteiger partial charge is 1.00 e. The molecule has 1 heterocycles. The summed E-state index contributed by atoms with van der Waals surface area (Å²) in [6.07, 6.45) is 25.7. The Kier molecular flexibility index (Phi) is 46.3. The number of carbonyl (C=O) groups excluding carboxylic acids is 5. The molecular weight excluding hydrogens is 722 g/mol. The zero-order chi connectivity index (χ0) is 41.7. The van der Waals surface area contributed by atoms with Crippen LogP contribution in [0.1, 0.15) is 130 Å². The monoisotopic (exact) mass is 793 g/mol. The van der Waals surface area contributed by atoms with Gasteiger partial charge >= 0.3 is 29.6 Å². The number of hydrogen-bond donors (Lipinski definition) is 3. The summed E-state index contributed by atoms with van der Waals surface area (Å²) in [4.78, 5) is 55.0. The Hall–Kier alpha value is -2.78. The van der Waals surface area contributed by atoms with Crippen LogP contribution >= 0.6 is 0 Å². The normalized spacial score (nSPS) is 11.8. The van der Waals surface area contributed by atoms with Crippen molar-refractivity contribution in [3.63, 3.8) is 0 Å². The van der Waals surface area contributed by atoms with Gasteiger partial charge in [-0.25, -0.2) is 8.42 Å². The molecule has 1 rings (SSSR count). The number of amides is 5. The van der Waals surface area contributed by atoms with E-state index < -0.39 is 33.2 Å². The van der Waals surface area contributed by atoms with Crippen LogP contribution in [0.25, 0.3) is 0 Å². The molecular formula is C39H72N5NaO8S. The molecule has 4 N–H and O–H groups in total. The number of likely N-dealkylation sites (tertiary alicyclic amines) is 1. The van der Waals surface area contributed by atoms with Crippen LogP contribution in [0.4, 0.5) is 0 Å². The van der Waals surface area contributed by atoms with Crippen LogP contribution in [0.5, 0.6) is 0 Å². The van der Waals surface area contributed by atoms with E-state index in [2.05, 4.69) is 44.3 Å². The number of rotatable bonds is 22. The van der Waals surface area contributed by atoms with E-state index in [0.29, 0.717) is 6.42 Å². The second kappa shape index (κ2) is 41.4. The minimum Gasteiger partial charge on any atom is -0.746 e. The molecule has 54 heavy (non-hydrogen) atoms. The molecule has 1 fully saturated rings. The molecule has 0 bridgehead atoms. The first kappa shape index (κ1) is 60.5. The van der Waals surface area contributed by atoms with Crippen LogP contribution in [-0.2, 0) is 34.1 Å². The van der Waals surface area contributed by atoms with Gasteiger partial charge in [0.25, 0.3) is 0 Å². The average molecular weight is 794 g/mol. The number of carbonyl (C=O) groups is 5. The molecule has 1 aliphatic rings. The van der Waals surface area contributed by atoms with Gasteiger partial charge in [0.1, 0.15) is 15.5 Å². The Morgan fingerprint density at radius 1 is 0.833 bits per heavy atom. The van der Waals surface area contributed by atoms with Crippen LogP contribution in [0, 0.1) is 5.92 Å². The van der Waals surface area contributed by atoms with Crippen LogP contribution in [0.3, 0.4) is 0 Å². The van der Waals surface area contributed by atoms with E-state index in [0.717, 1.165) is 38.1 Å². The smallest absolute Gasteiger partial charge is 0.746 e. The van der Waals surface area contributed by atoms with E-state index in [1.807, 2.05) is 5.32 Å². The molecule has 15 heteroatoms. The molecule has 308 valence electrons. The summed E-state index contributed by atoms with van der Waals surface area (Å²) in [6.45, 7) is 21.7. The van der Waals surface area contributed by atoms with Crippen molar-refractivity contribution >= 4 is 39.7 Å². The van der Waals surface area contributed by atoms with Gasteiger partial charge < -0.3 is 30.7 Å². The first-order valence-electron chi connectivity index (χ1n) is 18.7. The molecule has 0 saturated carbocycles. The van der Waals surface area contributed by atoms with Gasteiger partial charge in [-0.2, -0.15) is 0 Å². The predicted octanol–water partition coefficient (Wildman–Crippen LogP) is 3.09. The van der Waals surface area contributed by atoms with E-state index in [4.69, 9.17) is 0 Å². The van der Waals surface area contributed by atoms with Gasteiger partial charge in [0.2, 0.25) is 29.5 Å². The molecule has 1 aliphatic heterocycles. The van der Waals surface area contributed by atoms with Crippen molar-refractivity contribution in [3.8, 4) is 0 Å². The Morgan fingerprint density at radius 3 is 1.46 bits per heavy atom. The summed E-state index contributed by atoms with van der Waals surface area (Å²) >= 11 is 0. The van der Waals surface area contributed by atoms with Crippen molar-refractivity contribution in [3.05, 3.63) is 50.7 Å². The van der Waals surface area contributed by atoms with E-state index in [1.54, 1.807) is 25.2 Å². The van der Waals surface area contributed by atoms with Gasteiger partial charge in [0, 0.05) is 40.5 Å². The van der Waals surface area contributed by atoms with Gasteiger partial charge in [0.05, 0.1) is 0 Å². The number of nitrogens with zero attached hydrogens (tertiary/aromatic N) is 2. The fraction of sp³-hybridized carbons (Fsp3) is 0.667. The number of primary amides is 1. The second-order valence-corrected chi connectivity index (χ2v) is 14.3. The molecule has 1 unspecified atom stereocenters. The third-order valence-electron chi connectivity index (χ3n) is 7.56. The van der Waals surface area contributed by atoms with Gasteiger partial charge in [-0.1, -0.05) is 131 Å². The number of hydrogen-bond acceptors (Lipinski definition) is 8. The van der Waals surface area contributed by atoms with Crippen molar-refractivity contribution in [2.45, 2.75) is 136 Å². The Balaban J connectivity index is -0.000000206. The molecule has 0 radical (unpaired) electrons. The SMILES string of the molecule is C=CC(=O)NC(C(C)C)S(=O)(=O)[O-].C=CC(=O)NCCCCCCCCCCCCCCCC.C=CC(N)=O.C=CN1CCCC1=O.CC(=O)N(C)C.[Na+]. The predicted molar refractivity (Wildman–Crippen MR) is 215 cm³/mol. The third kappa shape index (κ3) is 45.4. The molecule has 0 aromatic carbocycles. The summed E-state index contributed by atoms with van der Waals surface area (Å²) in [5, 5.41) is 3.48. The molecule has 0 spiro atoms. The maximum Gasteiger partial charge on any atom is 1.00 e. The van der Waals surface area contributed by atoms with Crippen LogP contribution in [0.15, 0.2) is 50.7 Å². The second-order valence-electron chi connectivity index (χ2n) is 12.9. The summed E-state index contributed by atoms with van der Waals surface area (Å²) in [5.41, 5.74) is 4.53. The minimum atomic E-state index is -4.50. The molecule has 0 aromatic rings. The third-order valence-corrected chi connectivity index (χ3v) is 8.85. The fourth-order valence-corrected chi connectivity index (χ4v) is 5.16. The Labute approximate surface area is 350 Å². The first-order chi connectivity index (χ1) is 24.8. The van der Waals surface area contributed by atoms with E-state index in [9.17, 15) is 36.9 Å². The molecule has 13 nitrogen and oxygen atoms in total. The van der Waals surface area contributed by atoms with Gasteiger partial charge in [-0.15, -0.1) is 0 Å². The van der Waals surface area contributed by atoms with Crippen molar-refractivity contribution in [1.82, 2.24) is 20.4 Å². The van der Waals surface area contributed by atoms with Crippen LogP contribution in [-0.4, -0.2) is 84.9 Å². The van der Waals surface area contributed by atoms with Crippen molar-refractivity contribution < 1.29 is 66.5 Å². The molecule has 1 atom stereocenters. The quantitative estimate of drug-likeness (QED) is 0.0643. The van der Waals surface area contributed by atoms with Gasteiger partial charge in [0.15, 0.2) is 0 Å². The summed E-state index contributed by atoms with van der Waals surface area (Å²) < 4.78 is 31.9. The van der Waals surface area contributed by atoms with Gasteiger partial charge in [-0.05, 0) is 43.2 Å². The van der Waals surface area contributed by atoms with Crippen molar-refractivity contribution in [2.75, 3.05) is 27.2 Å². The maximum absolute atomic E-state index is 10.9. The van der Waals surface area contributed by atoms with Crippen LogP contribution < -0.4 is 45.9 Å². The first-order valence-corrected chi connectivity index (χ1v) is 20.1. The standard InChI is InChI=1S/C19H37NO.C7H13NO4S.C6H9NO.C4H9NO.C3H5NO.Na/c1-3-5-6-7-8-9-10-11-12-13-14-15-16-17-18-20-19(21)4-2;1-4-6(9)8-7(5(2)3)13(10,11)12;1-2-7-5-3-4-6(7)8;1-4(6)5(2)3;1-2-3(4)5;/h4H,2-3,5-18H2,1H3,(H,20,21);4-5,7H,1H2,2-3H3,(H,8,9)(H,10,11,12);2H,1,3-5H2;1-3H3;2H,1H2,(H2,4,5);/q;;;;;+1/p-1. The Morgan fingerprint density at radius 2 is 1.22 bits per heavy atom. The molecule has 0 aliphatic carbocycles. The molecule has 5 amide bonds. The summed E-state index contributed by atoms with van der Waals surface area (Å²) in [7, 11) is -1.05. The zero-order valence-corrected chi connectivity index (χ0v) is 37.5. The van der Waals surface area contributed by atoms with Crippen LogP contribution in [0.2, 0.25) is 0 Å². The topological polar surface area (TPSA) is 199 Å².